The normalized spacial score (nSPS) is 30.2. The van der Waals surface area contributed by atoms with Gasteiger partial charge in [0.15, 0.2) is 5.82 Å². The summed E-state index contributed by atoms with van der Waals surface area (Å²) in [6, 6.07) is -2.31. The Labute approximate surface area is 234 Å². The van der Waals surface area contributed by atoms with Crippen LogP contribution >= 0.6 is 0 Å². The third-order valence-electron chi connectivity index (χ3n) is 7.60. The summed E-state index contributed by atoms with van der Waals surface area (Å²) in [5.41, 5.74) is -2.14. The molecule has 3 amide bonds. The van der Waals surface area contributed by atoms with E-state index in [9.17, 15) is 24.3 Å². The van der Waals surface area contributed by atoms with E-state index in [4.69, 9.17) is 4.74 Å². The second-order valence-corrected chi connectivity index (χ2v) is 12.0. The van der Waals surface area contributed by atoms with Crippen molar-refractivity contribution < 1.29 is 29.0 Å². The molecule has 3 aliphatic rings. The summed E-state index contributed by atoms with van der Waals surface area (Å²) in [5, 5.41) is 28.2. The number of fused-ring (bicyclic) bond motifs is 2. The number of aromatic nitrogens is 4. The van der Waals surface area contributed by atoms with Gasteiger partial charge in [0, 0.05) is 25.3 Å². The second-order valence-electron chi connectivity index (χ2n) is 12.0. The van der Waals surface area contributed by atoms with Gasteiger partial charge in [-0.3, -0.25) is 9.59 Å². The largest absolute Gasteiger partial charge is 0.479 e. The van der Waals surface area contributed by atoms with Crippen LogP contribution < -0.4 is 10.6 Å². The second kappa shape index (κ2) is 11.9. The van der Waals surface area contributed by atoms with E-state index in [1.54, 1.807) is 20.8 Å². The van der Waals surface area contributed by atoms with Crippen LogP contribution in [0.4, 0.5) is 4.79 Å². The maximum atomic E-state index is 14.0. The van der Waals surface area contributed by atoms with Crippen molar-refractivity contribution in [2.75, 3.05) is 6.54 Å². The number of aryl methyl sites for hydroxylation is 1. The van der Waals surface area contributed by atoms with Gasteiger partial charge in [0.05, 0.1) is 6.04 Å². The summed E-state index contributed by atoms with van der Waals surface area (Å²) in [5.74, 6) is -1.81. The van der Waals surface area contributed by atoms with E-state index in [1.165, 1.54) is 9.70 Å². The number of hydrogen-bond donors (Lipinski definition) is 3. The lowest BCUT2D eigenvalue weighted by atomic mass is 10.0. The van der Waals surface area contributed by atoms with Gasteiger partial charge >= 0.3 is 12.1 Å². The number of carboxylic acids is 1. The molecule has 1 aromatic heterocycles. The van der Waals surface area contributed by atoms with Crippen molar-refractivity contribution in [3.63, 3.8) is 0 Å². The Morgan fingerprint density at radius 3 is 2.73 bits per heavy atom. The lowest BCUT2D eigenvalue weighted by Crippen LogP contribution is -2.56. The smallest absolute Gasteiger partial charge is 0.408 e. The highest BCUT2D eigenvalue weighted by Gasteiger charge is 2.61. The van der Waals surface area contributed by atoms with Crippen molar-refractivity contribution >= 4 is 23.9 Å². The third-order valence-corrected chi connectivity index (χ3v) is 7.60. The third kappa shape index (κ3) is 6.79. The summed E-state index contributed by atoms with van der Waals surface area (Å²) in [7, 11) is 0. The number of nitrogens with one attached hydrogen (secondary N) is 2. The zero-order valence-electron chi connectivity index (χ0n) is 23.8. The lowest BCUT2D eigenvalue weighted by Gasteiger charge is -2.30. The minimum Gasteiger partial charge on any atom is -0.479 e. The Bertz CT molecular complexity index is 1140. The molecule has 13 heteroatoms. The molecule has 0 aromatic carbocycles. The summed E-state index contributed by atoms with van der Waals surface area (Å²) in [6.45, 7) is 7.35. The van der Waals surface area contributed by atoms with Crippen LogP contribution in [0, 0.1) is 5.92 Å². The highest BCUT2D eigenvalue weighted by atomic mass is 16.6. The summed E-state index contributed by atoms with van der Waals surface area (Å²) in [6.07, 6.45) is 8.60. The van der Waals surface area contributed by atoms with Crippen molar-refractivity contribution in [3.05, 3.63) is 18.0 Å². The molecule has 2 aliphatic heterocycles. The molecule has 1 aliphatic carbocycles. The number of allylic oxidation sites excluding steroid dienone is 1. The molecular weight excluding hydrogens is 518 g/mol. The van der Waals surface area contributed by atoms with Crippen molar-refractivity contribution in [1.29, 1.82) is 0 Å². The number of tetrazole rings is 1. The average molecular weight is 560 g/mol. The van der Waals surface area contributed by atoms with E-state index in [0.717, 1.165) is 25.7 Å². The summed E-state index contributed by atoms with van der Waals surface area (Å²) >= 11 is 0. The van der Waals surface area contributed by atoms with Crippen LogP contribution in [-0.4, -0.2) is 83.9 Å². The number of hydrogen-bond acceptors (Lipinski definition) is 8. The number of amides is 3. The fourth-order valence-corrected chi connectivity index (χ4v) is 5.43. The molecule has 0 bridgehead atoms. The monoisotopic (exact) mass is 559 g/mol. The molecule has 3 N–H and O–H groups in total. The predicted molar refractivity (Wildman–Crippen MR) is 143 cm³/mol. The number of aliphatic carboxylic acids is 1. The molecule has 5 atom stereocenters. The number of carbonyl (C=O) groups excluding carboxylic acids is 3. The van der Waals surface area contributed by atoms with Gasteiger partial charge in [-0.25, -0.2) is 9.59 Å². The number of rotatable bonds is 5. The molecule has 220 valence electrons. The Kier molecular flexibility index (Phi) is 8.79. The predicted octanol–water partition coefficient (Wildman–Crippen LogP) is 2.14. The maximum absolute atomic E-state index is 14.0. The summed E-state index contributed by atoms with van der Waals surface area (Å²) < 4.78 is 5.42. The van der Waals surface area contributed by atoms with Gasteiger partial charge in [0.2, 0.25) is 11.8 Å². The summed E-state index contributed by atoms with van der Waals surface area (Å²) in [4.78, 5) is 55.4. The molecule has 0 spiro atoms. The topological polar surface area (TPSA) is 169 Å². The SMILES string of the molecule is CCCc1nnn([C@H]2C[C@H]3C(=O)N[C@@]4(C(=O)O)C[C@@H]4/C=C\CCCCC[C@@H](NC(=O)OC(C)(C)C)C(=O)N3C2)n1. The van der Waals surface area contributed by atoms with Crippen LogP contribution in [0.3, 0.4) is 0 Å². The van der Waals surface area contributed by atoms with E-state index in [-0.39, 0.29) is 18.9 Å². The first kappa shape index (κ1) is 29.5. The van der Waals surface area contributed by atoms with Gasteiger partial charge in [-0.2, -0.15) is 4.80 Å². The Morgan fingerprint density at radius 1 is 1.25 bits per heavy atom. The molecule has 4 rings (SSSR count). The average Bonchev–Trinajstić information content (AvgIpc) is 3.18. The van der Waals surface area contributed by atoms with Crippen molar-refractivity contribution in [2.24, 2.45) is 5.92 Å². The molecular formula is C27H41N7O6. The van der Waals surface area contributed by atoms with Gasteiger partial charge < -0.3 is 25.4 Å². The molecule has 40 heavy (non-hydrogen) atoms. The first-order chi connectivity index (χ1) is 18.9. The molecule has 2 fully saturated rings. The van der Waals surface area contributed by atoms with Gasteiger partial charge in [-0.1, -0.05) is 31.9 Å². The fraction of sp³-hybridized carbons (Fsp3) is 0.741. The molecule has 1 aromatic rings. The number of carboxylic acid groups (broad SMARTS) is 1. The maximum Gasteiger partial charge on any atom is 0.408 e. The van der Waals surface area contributed by atoms with Crippen molar-refractivity contribution in [1.82, 2.24) is 35.7 Å². The van der Waals surface area contributed by atoms with Gasteiger partial charge in [0.1, 0.15) is 23.2 Å². The van der Waals surface area contributed by atoms with Crippen LogP contribution in [0.2, 0.25) is 0 Å². The molecule has 1 saturated carbocycles. The molecule has 1 saturated heterocycles. The standard InChI is InChI=1S/C27H41N7O6/c1-5-11-21-30-32-34(31-21)18-14-20-22(35)29-27(24(37)38)15-17(27)12-9-7-6-8-10-13-19(23(36)33(20)16-18)28-25(39)40-26(2,3)4/h9,12,17-20H,5-8,10-11,13-16H2,1-4H3,(H,28,39)(H,29,35)(H,37,38)/b12-9-/t17-,18-,19+,20-,27-/m0/s1. The van der Waals surface area contributed by atoms with E-state index in [0.29, 0.717) is 31.5 Å². The minimum absolute atomic E-state index is 0.120. The van der Waals surface area contributed by atoms with E-state index < -0.39 is 53.1 Å². The van der Waals surface area contributed by atoms with Gasteiger partial charge in [0.25, 0.3) is 0 Å². The van der Waals surface area contributed by atoms with Crippen molar-refractivity contribution in [2.45, 2.75) is 115 Å². The van der Waals surface area contributed by atoms with E-state index >= 15 is 0 Å². The lowest BCUT2D eigenvalue weighted by molar-refractivity contribution is -0.145. The molecule has 13 nitrogen and oxygen atoms in total. The highest BCUT2D eigenvalue weighted by molar-refractivity contribution is 5.96. The van der Waals surface area contributed by atoms with Gasteiger partial charge in [-0.05, 0) is 58.1 Å². The quantitative estimate of drug-likeness (QED) is 0.458. The Morgan fingerprint density at radius 2 is 2.02 bits per heavy atom. The molecule has 0 unspecified atom stereocenters. The minimum atomic E-state index is -1.39. The van der Waals surface area contributed by atoms with Crippen molar-refractivity contribution in [3.8, 4) is 0 Å². The molecule has 3 heterocycles. The van der Waals surface area contributed by atoms with Crippen LogP contribution in [0.5, 0.6) is 0 Å². The Balaban J connectivity index is 1.63. The number of nitrogens with zero attached hydrogens (tertiary/aromatic N) is 5. The zero-order valence-corrected chi connectivity index (χ0v) is 23.8. The van der Waals surface area contributed by atoms with E-state index in [1.807, 2.05) is 19.1 Å². The first-order valence-electron chi connectivity index (χ1n) is 14.2. The van der Waals surface area contributed by atoms with E-state index in [2.05, 4.69) is 26.0 Å². The van der Waals surface area contributed by atoms with Crippen LogP contribution in [0.25, 0.3) is 0 Å². The van der Waals surface area contributed by atoms with Gasteiger partial charge in [-0.15, -0.1) is 10.2 Å². The van der Waals surface area contributed by atoms with Crippen LogP contribution in [-0.2, 0) is 25.5 Å². The Hall–Kier alpha value is -3.51. The van der Waals surface area contributed by atoms with Crippen LogP contribution in [0.1, 0.15) is 90.9 Å². The number of carbonyl (C=O) groups is 4. The number of ether oxygens (including phenoxy) is 1. The first-order valence-corrected chi connectivity index (χ1v) is 14.2. The molecule has 0 radical (unpaired) electrons. The van der Waals surface area contributed by atoms with Crippen LogP contribution in [0.15, 0.2) is 12.2 Å². The fourth-order valence-electron chi connectivity index (χ4n) is 5.43. The highest BCUT2D eigenvalue weighted by Crippen LogP contribution is 2.45. The zero-order chi connectivity index (χ0) is 29.1. The number of alkyl carbamates (subject to hydrolysis) is 1.